The van der Waals surface area contributed by atoms with Crippen LogP contribution in [0.5, 0.6) is 0 Å². The molecule has 1 N–H and O–H groups in total. The standard InChI is InChI=1S/C17H21N3O3S/c1-10(2)9-13(14(21)19-17-18-7-8-24-17)20-15(22)11-5-3-4-6-12(11)16(20)23/h3-4,7-8,10-13H,5-6,9H2,1-2H3,(H,18,19,21). The molecule has 3 rings (SSSR count). The maximum absolute atomic E-state index is 12.8. The van der Waals surface area contributed by atoms with Crippen LogP contribution >= 0.6 is 11.3 Å². The third kappa shape index (κ3) is 3.13. The molecule has 1 aliphatic carbocycles. The minimum atomic E-state index is -0.778. The summed E-state index contributed by atoms with van der Waals surface area (Å²) in [6, 6.07) is -0.778. The highest BCUT2D eigenvalue weighted by Gasteiger charge is 2.51. The Balaban J connectivity index is 1.84. The van der Waals surface area contributed by atoms with E-state index in [2.05, 4.69) is 10.3 Å². The molecule has 0 bridgehead atoms. The van der Waals surface area contributed by atoms with E-state index in [0.29, 0.717) is 24.4 Å². The average molecular weight is 347 g/mol. The van der Waals surface area contributed by atoms with Gasteiger partial charge in [-0.2, -0.15) is 0 Å². The molecule has 1 aromatic heterocycles. The summed E-state index contributed by atoms with van der Waals surface area (Å²) in [4.78, 5) is 43.5. The SMILES string of the molecule is CC(C)CC(C(=O)Nc1nccs1)N1C(=O)C2CC=CCC2C1=O. The molecular weight excluding hydrogens is 326 g/mol. The van der Waals surface area contributed by atoms with Crippen molar-refractivity contribution in [1.82, 2.24) is 9.88 Å². The number of likely N-dealkylation sites (tertiary alicyclic amines) is 1. The van der Waals surface area contributed by atoms with E-state index in [1.807, 2.05) is 26.0 Å². The summed E-state index contributed by atoms with van der Waals surface area (Å²) in [5.41, 5.74) is 0. The van der Waals surface area contributed by atoms with Crippen molar-refractivity contribution in [3.8, 4) is 0 Å². The van der Waals surface area contributed by atoms with Gasteiger partial charge >= 0.3 is 0 Å². The molecule has 3 amide bonds. The van der Waals surface area contributed by atoms with Gasteiger partial charge in [0.05, 0.1) is 11.8 Å². The largest absolute Gasteiger partial charge is 0.300 e. The van der Waals surface area contributed by atoms with Gasteiger partial charge < -0.3 is 5.32 Å². The van der Waals surface area contributed by atoms with Crippen molar-refractivity contribution in [3.63, 3.8) is 0 Å². The summed E-state index contributed by atoms with van der Waals surface area (Å²) in [6.45, 7) is 3.95. The lowest BCUT2D eigenvalue weighted by Crippen LogP contribution is -2.48. The number of hydrogen-bond acceptors (Lipinski definition) is 5. The topological polar surface area (TPSA) is 79.4 Å². The van der Waals surface area contributed by atoms with Crippen LogP contribution in [0.2, 0.25) is 0 Å². The zero-order valence-corrected chi connectivity index (χ0v) is 14.6. The lowest BCUT2D eigenvalue weighted by molar-refractivity contribution is -0.147. The number of anilines is 1. The van der Waals surface area contributed by atoms with E-state index in [9.17, 15) is 14.4 Å². The third-order valence-corrected chi connectivity index (χ3v) is 5.20. The summed E-state index contributed by atoms with van der Waals surface area (Å²) in [6.07, 6.45) is 7.10. The first kappa shape index (κ1) is 16.8. The molecule has 2 aliphatic rings. The van der Waals surface area contributed by atoms with Gasteiger partial charge in [-0.1, -0.05) is 26.0 Å². The molecule has 3 unspecified atom stereocenters. The predicted molar refractivity (Wildman–Crippen MR) is 91.2 cm³/mol. The van der Waals surface area contributed by atoms with Gasteiger partial charge in [0.25, 0.3) is 0 Å². The fourth-order valence-corrected chi connectivity index (χ4v) is 3.92. The lowest BCUT2D eigenvalue weighted by atomic mass is 9.85. The molecule has 128 valence electrons. The molecule has 1 aromatic rings. The lowest BCUT2D eigenvalue weighted by Gasteiger charge is -2.26. The van der Waals surface area contributed by atoms with Crippen molar-refractivity contribution in [1.29, 1.82) is 0 Å². The van der Waals surface area contributed by atoms with Crippen molar-refractivity contribution < 1.29 is 14.4 Å². The Kier molecular flexibility index (Phi) is 4.80. The van der Waals surface area contributed by atoms with Crippen LogP contribution in [0.3, 0.4) is 0 Å². The van der Waals surface area contributed by atoms with Crippen LogP contribution in [0.15, 0.2) is 23.7 Å². The van der Waals surface area contributed by atoms with Gasteiger partial charge in [-0.3, -0.25) is 19.3 Å². The van der Waals surface area contributed by atoms with Crippen LogP contribution in [-0.2, 0) is 14.4 Å². The minimum absolute atomic E-state index is 0.179. The Hall–Kier alpha value is -2.02. The molecule has 7 heteroatoms. The highest BCUT2D eigenvalue weighted by atomic mass is 32.1. The van der Waals surface area contributed by atoms with Gasteiger partial charge in [0, 0.05) is 11.6 Å². The fourth-order valence-electron chi connectivity index (χ4n) is 3.38. The number of thiazole rings is 1. The molecule has 0 radical (unpaired) electrons. The van der Waals surface area contributed by atoms with Crippen LogP contribution in [0, 0.1) is 17.8 Å². The predicted octanol–water partition coefficient (Wildman–Crippen LogP) is 2.45. The van der Waals surface area contributed by atoms with Crippen LogP contribution in [-0.4, -0.2) is 33.6 Å². The molecular formula is C17H21N3O3S. The van der Waals surface area contributed by atoms with Crippen molar-refractivity contribution in [2.75, 3.05) is 5.32 Å². The zero-order chi connectivity index (χ0) is 17.3. The molecule has 0 spiro atoms. The number of carbonyl (C=O) groups is 3. The minimum Gasteiger partial charge on any atom is -0.300 e. The first-order chi connectivity index (χ1) is 11.5. The summed E-state index contributed by atoms with van der Waals surface area (Å²) in [7, 11) is 0. The van der Waals surface area contributed by atoms with E-state index < -0.39 is 6.04 Å². The molecule has 2 heterocycles. The molecule has 1 fully saturated rings. The number of aromatic nitrogens is 1. The molecule has 6 nitrogen and oxygen atoms in total. The van der Waals surface area contributed by atoms with Gasteiger partial charge in [0.2, 0.25) is 17.7 Å². The quantitative estimate of drug-likeness (QED) is 0.655. The number of amides is 3. The number of imide groups is 1. The molecule has 0 aromatic carbocycles. The Morgan fingerprint density at radius 3 is 2.42 bits per heavy atom. The van der Waals surface area contributed by atoms with Crippen LogP contribution in [0.25, 0.3) is 0 Å². The second-order valence-electron chi connectivity index (χ2n) is 6.67. The Labute approximate surface area is 144 Å². The second kappa shape index (κ2) is 6.84. The van der Waals surface area contributed by atoms with Crippen molar-refractivity contribution in [2.45, 2.75) is 39.2 Å². The van der Waals surface area contributed by atoms with E-state index >= 15 is 0 Å². The monoisotopic (exact) mass is 347 g/mol. The summed E-state index contributed by atoms with van der Waals surface area (Å²) in [5.74, 6) is -1.22. The van der Waals surface area contributed by atoms with Crippen molar-refractivity contribution >= 4 is 34.2 Å². The third-order valence-electron chi connectivity index (χ3n) is 4.51. The maximum atomic E-state index is 12.8. The highest BCUT2D eigenvalue weighted by molar-refractivity contribution is 7.13. The summed E-state index contributed by atoms with van der Waals surface area (Å²) >= 11 is 1.31. The van der Waals surface area contributed by atoms with E-state index in [1.54, 1.807) is 11.6 Å². The molecule has 24 heavy (non-hydrogen) atoms. The van der Waals surface area contributed by atoms with Crippen LogP contribution in [0.1, 0.15) is 33.1 Å². The highest BCUT2D eigenvalue weighted by Crippen LogP contribution is 2.37. The van der Waals surface area contributed by atoms with E-state index in [-0.39, 0.29) is 35.5 Å². The van der Waals surface area contributed by atoms with E-state index in [4.69, 9.17) is 0 Å². The molecule has 1 aliphatic heterocycles. The molecule has 1 saturated heterocycles. The Bertz CT molecular complexity index is 643. The first-order valence-electron chi connectivity index (χ1n) is 8.21. The van der Waals surface area contributed by atoms with Gasteiger partial charge in [-0.25, -0.2) is 4.98 Å². The maximum Gasteiger partial charge on any atom is 0.249 e. The van der Waals surface area contributed by atoms with E-state index in [0.717, 1.165) is 0 Å². The Morgan fingerprint density at radius 1 is 1.29 bits per heavy atom. The van der Waals surface area contributed by atoms with Gasteiger partial charge in [0.1, 0.15) is 6.04 Å². The van der Waals surface area contributed by atoms with Gasteiger partial charge in [-0.05, 0) is 25.2 Å². The molecule has 0 saturated carbocycles. The van der Waals surface area contributed by atoms with Crippen molar-refractivity contribution in [3.05, 3.63) is 23.7 Å². The number of fused-ring (bicyclic) bond motifs is 1. The number of nitrogens with zero attached hydrogens (tertiary/aromatic N) is 2. The van der Waals surface area contributed by atoms with Crippen LogP contribution in [0.4, 0.5) is 5.13 Å². The van der Waals surface area contributed by atoms with Crippen molar-refractivity contribution in [2.24, 2.45) is 17.8 Å². The Morgan fingerprint density at radius 2 is 1.92 bits per heavy atom. The normalized spacial score (nSPS) is 24.4. The summed E-state index contributed by atoms with van der Waals surface area (Å²) in [5, 5.41) is 4.98. The summed E-state index contributed by atoms with van der Waals surface area (Å²) < 4.78 is 0. The number of carbonyl (C=O) groups excluding carboxylic acids is 3. The zero-order valence-electron chi connectivity index (χ0n) is 13.8. The molecule has 3 atom stereocenters. The fraction of sp³-hybridized carbons (Fsp3) is 0.529. The number of rotatable bonds is 5. The van der Waals surface area contributed by atoms with Gasteiger partial charge in [0.15, 0.2) is 5.13 Å². The smallest absolute Gasteiger partial charge is 0.249 e. The number of allylic oxidation sites excluding steroid dienone is 2. The van der Waals surface area contributed by atoms with Gasteiger partial charge in [-0.15, -0.1) is 11.3 Å². The average Bonchev–Trinajstić information content (AvgIpc) is 3.14. The number of nitrogens with one attached hydrogen (secondary N) is 1. The number of hydrogen-bond donors (Lipinski definition) is 1. The van der Waals surface area contributed by atoms with E-state index in [1.165, 1.54) is 16.2 Å². The first-order valence-corrected chi connectivity index (χ1v) is 9.09. The second-order valence-corrected chi connectivity index (χ2v) is 7.57. The van der Waals surface area contributed by atoms with Crippen LogP contribution < -0.4 is 5.32 Å².